The van der Waals surface area contributed by atoms with E-state index < -0.39 is 30.1 Å². The number of aliphatic hydroxyl groups excluding tert-OH is 1. The Kier molecular flexibility index (Phi) is 7.44. The number of carbonyl (C=O) groups is 1. The zero-order valence-electron chi connectivity index (χ0n) is 15.7. The van der Waals surface area contributed by atoms with Crippen LogP contribution in [0.4, 0.5) is 8.78 Å². The minimum atomic E-state index is -1.23. The number of alkyl halides is 2. The van der Waals surface area contributed by atoms with E-state index >= 15 is 0 Å². The molecule has 0 bridgehead atoms. The largest absolute Gasteiger partial charge is 0.477 e. The molecule has 0 spiro atoms. The summed E-state index contributed by atoms with van der Waals surface area (Å²) in [5, 5.41) is 18.8. The number of hydrogen-bond donors (Lipinski definition) is 2. The van der Waals surface area contributed by atoms with E-state index in [0.29, 0.717) is 29.8 Å². The average molecular weight is 441 g/mol. The predicted octanol–water partition coefficient (Wildman–Crippen LogP) is 5.94. The molecule has 1 heterocycles. The van der Waals surface area contributed by atoms with E-state index in [1.165, 1.54) is 11.3 Å². The number of rotatable bonds is 8. The third-order valence-electron chi connectivity index (χ3n) is 5.33. The highest BCUT2D eigenvalue weighted by Crippen LogP contribution is 2.41. The fraction of sp³-hybridized carbons (Fsp3) is 0.409. The fourth-order valence-electron chi connectivity index (χ4n) is 3.92. The summed E-state index contributed by atoms with van der Waals surface area (Å²) in [6.45, 7) is -0.141. The first-order valence-electron chi connectivity index (χ1n) is 9.56. The SMILES string of the molecule is O=C(O)c1ccc(CCC[C@@H]2[C@@H](C=Cc3cc(Cl)cc(CO)c3)[C@H](F)C[C@H]2F)s1. The summed E-state index contributed by atoms with van der Waals surface area (Å²) < 4.78 is 28.9. The van der Waals surface area contributed by atoms with Crippen LogP contribution in [0, 0.1) is 11.8 Å². The van der Waals surface area contributed by atoms with Crippen molar-refractivity contribution in [3.05, 3.63) is 62.3 Å². The number of aromatic carboxylic acids is 1. The van der Waals surface area contributed by atoms with E-state index in [2.05, 4.69) is 0 Å². The monoisotopic (exact) mass is 440 g/mol. The molecule has 1 saturated carbocycles. The number of thiophene rings is 1. The topological polar surface area (TPSA) is 57.5 Å². The van der Waals surface area contributed by atoms with Gasteiger partial charge in [0.1, 0.15) is 17.2 Å². The maximum Gasteiger partial charge on any atom is 0.345 e. The molecule has 3 rings (SSSR count). The fourth-order valence-corrected chi connectivity index (χ4v) is 5.07. The van der Waals surface area contributed by atoms with Crippen LogP contribution in [0.25, 0.3) is 6.08 Å². The van der Waals surface area contributed by atoms with Crippen LogP contribution in [0.2, 0.25) is 5.02 Å². The smallest absolute Gasteiger partial charge is 0.345 e. The quantitative estimate of drug-likeness (QED) is 0.534. The summed E-state index contributed by atoms with van der Waals surface area (Å²) in [5.74, 6) is -1.87. The molecule has 0 unspecified atom stereocenters. The average Bonchev–Trinajstić information content (AvgIpc) is 3.25. The van der Waals surface area contributed by atoms with Crippen molar-refractivity contribution in [3.8, 4) is 0 Å². The van der Waals surface area contributed by atoms with Gasteiger partial charge in [0.15, 0.2) is 0 Å². The Balaban J connectivity index is 1.63. The Morgan fingerprint density at radius 3 is 2.72 bits per heavy atom. The van der Waals surface area contributed by atoms with Gasteiger partial charge < -0.3 is 10.2 Å². The molecule has 3 nitrogen and oxygen atoms in total. The van der Waals surface area contributed by atoms with Crippen molar-refractivity contribution in [1.82, 2.24) is 0 Å². The summed E-state index contributed by atoms with van der Waals surface area (Å²) in [6, 6.07) is 8.50. The highest BCUT2D eigenvalue weighted by atomic mass is 35.5. The van der Waals surface area contributed by atoms with Crippen molar-refractivity contribution in [2.45, 2.75) is 44.6 Å². The first-order valence-corrected chi connectivity index (χ1v) is 10.8. The molecular weight excluding hydrogens is 418 g/mol. The van der Waals surface area contributed by atoms with Crippen LogP contribution in [-0.4, -0.2) is 28.5 Å². The molecule has 1 aromatic carbocycles. The molecule has 7 heteroatoms. The van der Waals surface area contributed by atoms with Crippen LogP contribution in [-0.2, 0) is 13.0 Å². The Labute approximate surface area is 177 Å². The number of halogens is 3. The van der Waals surface area contributed by atoms with Gasteiger partial charge in [0.2, 0.25) is 0 Å². The molecule has 1 fully saturated rings. The van der Waals surface area contributed by atoms with E-state index in [-0.39, 0.29) is 17.9 Å². The van der Waals surface area contributed by atoms with Gasteiger partial charge in [-0.1, -0.05) is 23.8 Å². The lowest BCUT2D eigenvalue weighted by molar-refractivity contribution is 0.0702. The normalized spacial score (nSPS) is 24.4. The second-order valence-corrected chi connectivity index (χ2v) is 8.99. The third kappa shape index (κ3) is 5.65. The first kappa shape index (κ1) is 21.9. The van der Waals surface area contributed by atoms with Gasteiger partial charge in [-0.05, 0) is 66.6 Å². The third-order valence-corrected chi connectivity index (χ3v) is 6.68. The molecule has 4 atom stereocenters. The molecule has 0 saturated heterocycles. The van der Waals surface area contributed by atoms with E-state index in [1.807, 2.05) is 0 Å². The lowest BCUT2D eigenvalue weighted by Gasteiger charge is -2.19. The van der Waals surface area contributed by atoms with Crippen LogP contribution in [0.15, 0.2) is 36.4 Å². The zero-order valence-corrected chi connectivity index (χ0v) is 17.3. The number of carboxylic acid groups (broad SMARTS) is 1. The van der Waals surface area contributed by atoms with E-state index in [0.717, 1.165) is 10.4 Å². The van der Waals surface area contributed by atoms with Gasteiger partial charge in [0.25, 0.3) is 0 Å². The minimum Gasteiger partial charge on any atom is -0.477 e. The summed E-state index contributed by atoms with van der Waals surface area (Å²) in [7, 11) is 0. The molecule has 2 aromatic rings. The van der Waals surface area contributed by atoms with Crippen molar-refractivity contribution < 1.29 is 23.8 Å². The van der Waals surface area contributed by atoms with Crippen LogP contribution in [0.1, 0.15) is 44.9 Å². The number of aliphatic hydroxyl groups is 1. The lowest BCUT2D eigenvalue weighted by atomic mass is 9.88. The number of aryl methyl sites for hydroxylation is 1. The summed E-state index contributed by atoms with van der Waals surface area (Å²) in [6.07, 6.45) is 2.80. The number of allylic oxidation sites excluding steroid dienone is 1. The van der Waals surface area contributed by atoms with Crippen molar-refractivity contribution in [1.29, 1.82) is 0 Å². The number of hydrogen-bond acceptors (Lipinski definition) is 3. The number of benzene rings is 1. The van der Waals surface area contributed by atoms with Gasteiger partial charge in [0.05, 0.1) is 6.61 Å². The molecule has 156 valence electrons. The van der Waals surface area contributed by atoms with Gasteiger partial charge in [-0.25, -0.2) is 13.6 Å². The van der Waals surface area contributed by atoms with Gasteiger partial charge >= 0.3 is 5.97 Å². The Morgan fingerprint density at radius 1 is 1.24 bits per heavy atom. The van der Waals surface area contributed by atoms with Crippen LogP contribution in [0.3, 0.4) is 0 Å². The Hall–Kier alpha value is -1.76. The van der Waals surface area contributed by atoms with Crippen molar-refractivity contribution >= 4 is 35.0 Å². The zero-order chi connectivity index (χ0) is 21.0. The second kappa shape index (κ2) is 9.83. The van der Waals surface area contributed by atoms with Gasteiger partial charge in [0, 0.05) is 22.2 Å². The molecular formula is C22H23ClF2O3S. The lowest BCUT2D eigenvalue weighted by Crippen LogP contribution is -2.17. The maximum absolute atomic E-state index is 14.4. The van der Waals surface area contributed by atoms with Crippen molar-refractivity contribution in [3.63, 3.8) is 0 Å². The molecule has 0 radical (unpaired) electrons. The summed E-state index contributed by atoms with van der Waals surface area (Å²) >= 11 is 7.26. The van der Waals surface area contributed by atoms with Gasteiger partial charge in [-0.3, -0.25) is 0 Å². The summed E-state index contributed by atoms with van der Waals surface area (Å²) in [4.78, 5) is 12.2. The number of carboxylic acids is 1. The molecule has 0 aliphatic heterocycles. The van der Waals surface area contributed by atoms with Gasteiger partial charge in [-0.15, -0.1) is 11.3 Å². The van der Waals surface area contributed by atoms with E-state index in [9.17, 15) is 18.7 Å². The molecule has 1 aliphatic rings. The predicted molar refractivity (Wildman–Crippen MR) is 112 cm³/mol. The Bertz CT molecular complexity index is 883. The highest BCUT2D eigenvalue weighted by molar-refractivity contribution is 7.13. The minimum absolute atomic E-state index is 0.0979. The molecule has 1 aliphatic carbocycles. The molecule has 1 aromatic heterocycles. The Morgan fingerprint density at radius 2 is 2.03 bits per heavy atom. The molecule has 2 N–H and O–H groups in total. The van der Waals surface area contributed by atoms with Crippen molar-refractivity contribution in [2.75, 3.05) is 0 Å². The molecule has 29 heavy (non-hydrogen) atoms. The van der Waals surface area contributed by atoms with Crippen LogP contribution in [0.5, 0.6) is 0 Å². The maximum atomic E-state index is 14.4. The van der Waals surface area contributed by atoms with Crippen LogP contribution < -0.4 is 0 Å². The van der Waals surface area contributed by atoms with E-state index in [1.54, 1.807) is 42.5 Å². The first-order chi connectivity index (χ1) is 13.9. The van der Waals surface area contributed by atoms with E-state index in [4.69, 9.17) is 16.7 Å². The highest BCUT2D eigenvalue weighted by Gasteiger charge is 2.42. The van der Waals surface area contributed by atoms with Crippen molar-refractivity contribution in [2.24, 2.45) is 11.8 Å². The van der Waals surface area contributed by atoms with Crippen LogP contribution >= 0.6 is 22.9 Å². The second-order valence-electron chi connectivity index (χ2n) is 7.38. The standard InChI is InChI=1S/C22H23ClF2O3S/c23-15-9-13(8-14(10-15)12-26)4-6-18-17(19(24)11-20(18)25)3-1-2-16-5-7-21(29-16)22(27)28/h4-10,17-20,26H,1-3,11-12H2,(H,27,28)/t17-,18-,19-,20-/m1/s1. The van der Waals surface area contributed by atoms with Gasteiger partial charge in [-0.2, -0.15) is 0 Å². The molecule has 0 amide bonds. The summed E-state index contributed by atoms with van der Waals surface area (Å²) in [5.41, 5.74) is 1.41.